The lowest BCUT2D eigenvalue weighted by Crippen LogP contribution is -2.49. The first-order valence-corrected chi connectivity index (χ1v) is 14.1. The van der Waals surface area contributed by atoms with Gasteiger partial charge in [0.25, 0.3) is 5.91 Å². The van der Waals surface area contributed by atoms with Crippen LogP contribution in [0.15, 0.2) is 60.8 Å². The fourth-order valence-corrected chi connectivity index (χ4v) is 5.12. The number of piperazine rings is 1. The van der Waals surface area contributed by atoms with Crippen molar-refractivity contribution in [3.05, 3.63) is 83.3 Å². The number of nitrogens with zero attached hydrogens (tertiary/aromatic N) is 5. The fourth-order valence-electron chi connectivity index (χ4n) is 5.12. The minimum atomic E-state index is -0.420. The lowest BCUT2D eigenvalue weighted by molar-refractivity contribution is 0.102. The second-order valence-corrected chi connectivity index (χ2v) is 10.9. The van der Waals surface area contributed by atoms with Gasteiger partial charge in [0.1, 0.15) is 0 Å². The number of amides is 2. The Morgan fingerprint density at radius 3 is 2.30 bits per heavy atom. The largest absolute Gasteiger partial charge is 0.416 e. The molecule has 40 heavy (non-hydrogen) atoms. The second kappa shape index (κ2) is 13.0. The van der Waals surface area contributed by atoms with Crippen LogP contribution in [0.5, 0.6) is 5.88 Å². The number of nitrogens with one attached hydrogen (secondary N) is 1. The quantitative estimate of drug-likeness (QED) is 0.467. The minimum Gasteiger partial charge on any atom is -0.391 e. The molecule has 5 rings (SSSR count). The third-order valence-electron chi connectivity index (χ3n) is 7.65. The molecule has 2 aliphatic rings. The van der Waals surface area contributed by atoms with E-state index in [2.05, 4.69) is 32.0 Å². The number of carbonyl (C=O) groups excluding carboxylic acids is 2. The number of aromatic nitrogens is 2. The Balaban J connectivity index is 1.06. The minimum absolute atomic E-state index is 0.200. The van der Waals surface area contributed by atoms with Crippen LogP contribution in [0.4, 0.5) is 10.5 Å². The maximum Gasteiger partial charge on any atom is 0.416 e. The van der Waals surface area contributed by atoms with Crippen LogP contribution in [-0.4, -0.2) is 75.9 Å². The fraction of sp³-hybridized carbons (Fsp3) is 0.419. The topological polar surface area (TPSA) is 90.9 Å². The van der Waals surface area contributed by atoms with Crippen molar-refractivity contribution in [2.75, 3.05) is 44.6 Å². The number of rotatable bonds is 7. The van der Waals surface area contributed by atoms with Crippen molar-refractivity contribution in [3.8, 4) is 5.88 Å². The average molecular weight is 543 g/mol. The van der Waals surface area contributed by atoms with Gasteiger partial charge in [-0.25, -0.2) is 9.78 Å². The summed E-state index contributed by atoms with van der Waals surface area (Å²) in [5.41, 5.74) is 4.37. The molecule has 0 saturated carbocycles. The number of pyridine rings is 2. The van der Waals surface area contributed by atoms with E-state index in [0.29, 0.717) is 24.3 Å². The third kappa shape index (κ3) is 7.64. The van der Waals surface area contributed by atoms with Crippen molar-refractivity contribution in [2.24, 2.45) is 5.92 Å². The molecule has 2 aromatic heterocycles. The van der Waals surface area contributed by atoms with Gasteiger partial charge in [-0.15, -0.1) is 0 Å². The number of hydrogen-bond donors (Lipinski definition) is 1. The summed E-state index contributed by atoms with van der Waals surface area (Å²) in [4.78, 5) is 40.6. The number of ether oxygens (including phenoxy) is 1. The van der Waals surface area contributed by atoms with Crippen LogP contribution in [0.1, 0.15) is 47.1 Å². The molecule has 0 radical (unpaired) electrons. The zero-order chi connectivity index (χ0) is 27.9. The molecule has 2 fully saturated rings. The first kappa shape index (κ1) is 27.7. The van der Waals surface area contributed by atoms with Crippen molar-refractivity contribution in [1.29, 1.82) is 0 Å². The normalized spacial score (nSPS) is 17.0. The molecule has 210 valence electrons. The van der Waals surface area contributed by atoms with Crippen LogP contribution in [0, 0.1) is 12.8 Å². The molecule has 1 aromatic carbocycles. The van der Waals surface area contributed by atoms with Crippen molar-refractivity contribution >= 4 is 17.7 Å². The van der Waals surface area contributed by atoms with Gasteiger partial charge < -0.3 is 15.0 Å². The number of aryl methyl sites for hydroxylation is 1. The van der Waals surface area contributed by atoms with E-state index in [-0.39, 0.29) is 11.8 Å². The molecular weight excluding hydrogens is 504 g/mol. The molecule has 3 aromatic rings. The number of carbonyl (C=O) groups is 2. The first-order valence-electron chi connectivity index (χ1n) is 14.1. The van der Waals surface area contributed by atoms with E-state index in [9.17, 15) is 9.59 Å². The summed E-state index contributed by atoms with van der Waals surface area (Å²) in [6.07, 6.45) is 3.57. The van der Waals surface area contributed by atoms with E-state index < -0.39 is 6.09 Å². The molecule has 2 amide bonds. The zero-order valence-corrected chi connectivity index (χ0v) is 23.4. The van der Waals surface area contributed by atoms with Crippen LogP contribution in [0.25, 0.3) is 0 Å². The van der Waals surface area contributed by atoms with Gasteiger partial charge in [-0.05, 0) is 74.7 Å². The molecule has 0 bridgehead atoms. The first-order chi connectivity index (χ1) is 19.4. The maximum absolute atomic E-state index is 12.7. The van der Waals surface area contributed by atoms with E-state index in [1.807, 2.05) is 49.4 Å². The van der Waals surface area contributed by atoms with Gasteiger partial charge in [0.2, 0.25) is 5.88 Å². The van der Waals surface area contributed by atoms with Gasteiger partial charge >= 0.3 is 6.09 Å². The lowest BCUT2D eigenvalue weighted by atomic mass is 9.99. The van der Waals surface area contributed by atoms with Crippen molar-refractivity contribution < 1.29 is 14.3 Å². The van der Waals surface area contributed by atoms with Crippen LogP contribution in [0.3, 0.4) is 0 Å². The van der Waals surface area contributed by atoms with Crippen molar-refractivity contribution in [1.82, 2.24) is 24.7 Å². The van der Waals surface area contributed by atoms with Gasteiger partial charge in [-0.1, -0.05) is 25.1 Å². The second-order valence-electron chi connectivity index (χ2n) is 10.9. The Morgan fingerprint density at radius 2 is 1.62 bits per heavy atom. The molecule has 0 spiro atoms. The molecule has 4 heterocycles. The van der Waals surface area contributed by atoms with Crippen LogP contribution < -0.4 is 10.1 Å². The molecule has 0 unspecified atom stereocenters. The van der Waals surface area contributed by atoms with Crippen LogP contribution in [0.2, 0.25) is 0 Å². The molecule has 0 atom stereocenters. The van der Waals surface area contributed by atoms with E-state index >= 15 is 0 Å². The predicted molar refractivity (Wildman–Crippen MR) is 154 cm³/mol. The summed E-state index contributed by atoms with van der Waals surface area (Å²) >= 11 is 0. The third-order valence-corrected chi connectivity index (χ3v) is 7.65. The Morgan fingerprint density at radius 1 is 0.900 bits per heavy atom. The Labute approximate surface area is 236 Å². The van der Waals surface area contributed by atoms with Crippen molar-refractivity contribution in [2.45, 2.75) is 39.8 Å². The number of anilines is 1. The molecule has 2 aliphatic heterocycles. The van der Waals surface area contributed by atoms with Gasteiger partial charge in [-0.2, -0.15) is 0 Å². The molecule has 1 N–H and O–H groups in total. The van der Waals surface area contributed by atoms with Gasteiger partial charge in [0, 0.05) is 56.6 Å². The summed E-state index contributed by atoms with van der Waals surface area (Å²) in [5, 5.41) is 2.86. The van der Waals surface area contributed by atoms with E-state index in [4.69, 9.17) is 4.74 Å². The molecule has 9 heteroatoms. The van der Waals surface area contributed by atoms with Crippen LogP contribution in [-0.2, 0) is 13.1 Å². The molecular formula is C31H38N6O3. The highest BCUT2D eigenvalue weighted by atomic mass is 16.6. The lowest BCUT2D eigenvalue weighted by Gasteiger charge is -2.33. The zero-order valence-electron chi connectivity index (χ0n) is 23.4. The van der Waals surface area contributed by atoms with Gasteiger partial charge in [0.15, 0.2) is 0 Å². The predicted octanol–water partition coefficient (Wildman–Crippen LogP) is 4.59. The summed E-state index contributed by atoms with van der Waals surface area (Å²) in [5.74, 6) is 0.807. The summed E-state index contributed by atoms with van der Waals surface area (Å²) < 4.78 is 5.48. The average Bonchev–Trinajstić information content (AvgIpc) is 2.96. The number of likely N-dealkylation sites (tertiary alicyclic amines) is 1. The Kier molecular flexibility index (Phi) is 9.03. The Hall–Kier alpha value is -3.82. The monoisotopic (exact) mass is 542 g/mol. The van der Waals surface area contributed by atoms with Gasteiger partial charge in [0.05, 0.1) is 17.6 Å². The van der Waals surface area contributed by atoms with Crippen LogP contribution >= 0.6 is 0 Å². The summed E-state index contributed by atoms with van der Waals surface area (Å²) in [6, 6.07) is 17.1. The Bertz CT molecular complexity index is 1280. The SMILES string of the molecule is Cc1cccc(CN2CCN(C(=O)Oc3ccc(NC(=O)c4ccc(CN5CCC(C)CC5)cc4)cn3)CC2)n1. The highest BCUT2D eigenvalue weighted by Crippen LogP contribution is 2.19. The summed E-state index contributed by atoms with van der Waals surface area (Å²) in [7, 11) is 0. The number of hydrogen-bond acceptors (Lipinski definition) is 7. The molecule has 2 saturated heterocycles. The summed E-state index contributed by atoms with van der Waals surface area (Å²) in [6.45, 7) is 10.9. The molecule has 9 nitrogen and oxygen atoms in total. The molecule has 0 aliphatic carbocycles. The number of piperidine rings is 1. The maximum atomic E-state index is 12.7. The van der Waals surface area contributed by atoms with E-state index in [1.54, 1.807) is 17.0 Å². The van der Waals surface area contributed by atoms with Gasteiger partial charge in [-0.3, -0.25) is 19.6 Å². The highest BCUT2D eigenvalue weighted by Gasteiger charge is 2.23. The standard InChI is InChI=1S/C31H38N6O3/c1-23-12-14-35(15-13-23)21-25-6-8-26(9-7-25)30(38)34-27-10-11-29(32-20-27)40-31(39)37-18-16-36(17-19-37)22-28-5-3-4-24(2)33-28/h3-11,20,23H,12-19,21-22H2,1-2H3,(H,34,38). The van der Waals surface area contributed by atoms with E-state index in [0.717, 1.165) is 56.6 Å². The smallest absolute Gasteiger partial charge is 0.391 e. The van der Waals surface area contributed by atoms with E-state index in [1.165, 1.54) is 24.6 Å². The highest BCUT2D eigenvalue weighted by molar-refractivity contribution is 6.04. The number of benzene rings is 1. The van der Waals surface area contributed by atoms with Crippen molar-refractivity contribution in [3.63, 3.8) is 0 Å².